The molecule has 7 aromatic carbocycles. The van der Waals surface area contributed by atoms with E-state index in [1.807, 2.05) is 0 Å². The Labute approximate surface area is 726 Å². The average Bonchev–Trinajstić information content (AvgIpc) is 1.65. The number of carbonyl (C=O) groups excluding carboxylic acids is 4. The Kier molecular flexibility index (Phi) is 41.5. The minimum Gasteiger partial charge on any atom is -0.587 e. The maximum Gasteiger partial charge on any atom is 1.00 e. The molecule has 5 N–H and O–H groups in total. The van der Waals surface area contributed by atoms with E-state index in [1.165, 1.54) is 86.0 Å². The van der Waals surface area contributed by atoms with Gasteiger partial charge in [0.05, 0.1) is 91.9 Å². The van der Waals surface area contributed by atoms with Gasteiger partial charge in [-0.05, 0) is 124 Å². The minimum atomic E-state index is -0.682. The monoisotopic (exact) mass is 1750 g/mol. The third-order valence-electron chi connectivity index (χ3n) is 14.5. The first-order valence-electron chi connectivity index (χ1n) is 32.3. The number of nitrogens with zero attached hydrogens (tertiary/aromatic N) is 16. The number of amides is 4. The molecule has 0 fully saturated rings. The van der Waals surface area contributed by atoms with Gasteiger partial charge >= 0.3 is 74.5 Å². The number of anilines is 2. The van der Waals surface area contributed by atoms with Crippen molar-refractivity contribution in [2.75, 3.05) is 51.3 Å². The molecule has 0 radical (unpaired) electrons. The molecule has 117 heavy (non-hydrogen) atoms. The number of aromatic nitrogens is 6. The van der Waals surface area contributed by atoms with Crippen LogP contribution in [0, 0.1) is 116 Å². The van der Waals surface area contributed by atoms with E-state index in [0.717, 1.165) is 29.1 Å². The smallest absolute Gasteiger partial charge is 0.587 e. The second kappa shape index (κ2) is 50.0. The Hall–Kier alpha value is -12.4. The van der Waals surface area contributed by atoms with E-state index in [4.69, 9.17) is 81.4 Å². The number of aliphatic hydroxyl groups is 1. The zero-order valence-electron chi connectivity index (χ0n) is 60.8. The summed E-state index contributed by atoms with van der Waals surface area (Å²) in [5, 5.41) is 91.6. The number of hydrogen-bond acceptors (Lipinski definition) is 28. The number of imide groups is 2. The number of nitro groups is 3. The van der Waals surface area contributed by atoms with Crippen LogP contribution in [0.4, 0.5) is 50.6 Å². The number of hydrogen-bond donors (Lipinski definition) is 4. The van der Waals surface area contributed by atoms with Gasteiger partial charge in [-0.25, -0.2) is 31.9 Å². The first-order valence-corrected chi connectivity index (χ1v) is 34.5. The van der Waals surface area contributed by atoms with Crippen molar-refractivity contribution in [1.82, 2.24) is 34.8 Å². The van der Waals surface area contributed by atoms with Crippen LogP contribution in [-0.4, -0.2) is 119 Å². The van der Waals surface area contributed by atoms with Crippen LogP contribution in [0.3, 0.4) is 0 Å². The Bertz CT molecular complexity index is 5360. The topological polar surface area (TPSA) is 509 Å². The number of ether oxygens (including phenoxy) is 3. The number of methoxy groups -OCH3 is 2. The zero-order chi connectivity index (χ0) is 85.6. The number of alkyl halides is 1. The van der Waals surface area contributed by atoms with Gasteiger partial charge in [-0.1, -0.05) is 94.3 Å². The number of aliphatic hydroxyl groups excluding tert-OH is 1. The van der Waals surface area contributed by atoms with Gasteiger partial charge in [0, 0.05) is 50.3 Å². The van der Waals surface area contributed by atoms with Crippen LogP contribution in [0.25, 0.3) is 5.32 Å². The number of nitriles is 5. The van der Waals surface area contributed by atoms with Crippen molar-refractivity contribution in [2.24, 2.45) is 5.73 Å². The number of halogens is 9. The van der Waals surface area contributed by atoms with Gasteiger partial charge in [0.15, 0.2) is 0 Å². The van der Waals surface area contributed by atoms with Crippen LogP contribution in [0.1, 0.15) is 97.1 Å². The van der Waals surface area contributed by atoms with Crippen LogP contribution >= 0.6 is 50.7 Å². The second-order valence-electron chi connectivity index (χ2n) is 22.1. The number of fused-ring (bicyclic) bond motifs is 2. The van der Waals surface area contributed by atoms with E-state index in [-0.39, 0.29) is 174 Å². The number of carbonyl (C=O) groups is 4. The van der Waals surface area contributed by atoms with Crippen molar-refractivity contribution in [2.45, 2.75) is 31.5 Å². The molecule has 3 aromatic heterocycles. The summed E-state index contributed by atoms with van der Waals surface area (Å²) in [5.74, 6) is -4.69. The van der Waals surface area contributed by atoms with Gasteiger partial charge in [0.1, 0.15) is 84.6 Å². The Morgan fingerprint density at radius 1 is 0.513 bits per heavy atom. The van der Waals surface area contributed by atoms with E-state index >= 15 is 0 Å². The molecule has 0 atom stereocenters. The molecule has 10 aromatic rings. The fraction of sp³-hybridized carbons (Fsp3) is 0.149. The molecular weight excluding hydrogens is 1700 g/mol. The molecule has 0 saturated heterocycles. The summed E-state index contributed by atoms with van der Waals surface area (Å²) in [7, 11) is 3.06. The third kappa shape index (κ3) is 30.1. The molecule has 0 spiro atoms. The van der Waals surface area contributed by atoms with Crippen LogP contribution in [-0.2, 0) is 41.0 Å². The molecule has 2 aliphatic rings. The van der Waals surface area contributed by atoms with E-state index in [2.05, 4.69) is 66.5 Å². The summed E-state index contributed by atoms with van der Waals surface area (Å²) >= 11 is 19.4. The average molecular weight is 1750 g/mol. The number of nitrogens with one attached hydrogen (secondary N) is 2. The van der Waals surface area contributed by atoms with E-state index in [0.29, 0.717) is 69.6 Å². The van der Waals surface area contributed by atoms with E-state index in [1.54, 1.807) is 98.1 Å². The SMILES string of the molecule is COCCO.COCCOc1ncc([N+](=O)[O-])c(NCc2ccc(C#N)c(F)c2)n1.N#Cc1ccc(CBr)cc1F.N#Cc1ccc(CN)cc1F.N#Cc1ccc(CN2C(=O)c3ccccc3C2=O)cc1F.N#Cc1ccc(CNc2nc(Cl)ncc2[N+](=O)[O-])cc1F.O=C1[N-]C(=O)c2ccccc21.O=[N+]([O-])c1cnc(Cl)nc1Cl.[K+]. The number of rotatable bonds is 19. The summed E-state index contributed by atoms with van der Waals surface area (Å²) < 4.78 is 80.7. The maximum atomic E-state index is 13.6. The standard InChI is InChI=1S/C16H9FN2O2.C15H14FN5O4.C12H7ClFN5O2.C8H5BrFN.C8H7FN2.C8H5NO2.C4HCl2N3O2.C3H8O2.K/c17-14-7-10(5-6-11(14)8-18)9-19-15(20)12-3-1-2-4-13(12)16(19)21;1-24-4-5-25-15-19-9-13(21(22)23)14(20-15)18-8-10-2-3-11(7-17)12(16)6-10;13-12-17-6-10(19(20)21)11(18-12)16-5-7-1-2-8(4-15)9(14)3-7;9-4-6-1-2-7(5-11)8(10)3-6;9-8-3-6(4-10)1-2-7(8)5-11;10-7-5-3-1-2-4-6(5)8(11)9-7;5-3-2(9(10)11)1-7-4(6)8-3;1-5-3-2-4;/h1-7H,9H2;2-3,6,9H,4-5,8H2,1H3,(H,18,19,20);1-3,6H,5H2,(H,16,17,18);1-3H,4H2;1-3H,4,10H2;1-4H,(H,9,10,11);1H;4H,2-3H2,1H3;/q;;;;;;;;+1/p-1. The normalized spacial score (nSPS) is 10.7. The van der Waals surface area contributed by atoms with Crippen molar-refractivity contribution >= 4 is 103 Å². The fourth-order valence-corrected chi connectivity index (χ4v) is 9.71. The fourth-order valence-electron chi connectivity index (χ4n) is 8.86. The number of benzene rings is 7. The van der Waals surface area contributed by atoms with Crippen LogP contribution < -0.4 is 72.5 Å². The maximum absolute atomic E-state index is 13.6. The first-order chi connectivity index (χ1) is 55.5. The van der Waals surface area contributed by atoms with Gasteiger partial charge in [0.25, 0.3) is 11.8 Å². The molecule has 43 heteroatoms. The molecule has 0 bridgehead atoms. The van der Waals surface area contributed by atoms with Gasteiger partial charge in [-0.15, -0.1) is 0 Å². The van der Waals surface area contributed by atoms with Gasteiger partial charge < -0.3 is 50.6 Å². The van der Waals surface area contributed by atoms with Crippen molar-refractivity contribution in [3.05, 3.63) is 316 Å². The van der Waals surface area contributed by atoms with Crippen molar-refractivity contribution in [3.63, 3.8) is 0 Å². The molecule has 0 unspecified atom stereocenters. The van der Waals surface area contributed by atoms with Crippen molar-refractivity contribution in [3.8, 4) is 36.4 Å². The summed E-state index contributed by atoms with van der Waals surface area (Å²) in [6.07, 6.45) is 2.96. The van der Waals surface area contributed by atoms with Gasteiger partial charge in [0.2, 0.25) is 27.4 Å². The summed E-state index contributed by atoms with van der Waals surface area (Å²) in [4.78, 5) is 99.0. The van der Waals surface area contributed by atoms with E-state index < -0.39 is 55.7 Å². The molecular formula is C74H55BrCl3F5KN19O14. The summed E-state index contributed by atoms with van der Waals surface area (Å²) in [6, 6.07) is 42.8. The molecule has 594 valence electrons. The Morgan fingerprint density at radius 3 is 1.25 bits per heavy atom. The quantitative estimate of drug-likeness (QED) is 0.00672. The molecule has 0 aliphatic carbocycles. The van der Waals surface area contributed by atoms with Crippen LogP contribution in [0.5, 0.6) is 6.01 Å². The predicted octanol–water partition coefficient (Wildman–Crippen LogP) is 10.6. The Balaban J connectivity index is 0.000000291. The first kappa shape index (κ1) is 97.0. The molecule has 5 heterocycles. The molecule has 2 aliphatic heterocycles. The van der Waals surface area contributed by atoms with Gasteiger partial charge in [-0.2, -0.15) is 46.2 Å². The second-order valence-corrected chi connectivity index (χ2v) is 23.7. The largest absolute Gasteiger partial charge is 1.00 e. The molecule has 33 nitrogen and oxygen atoms in total. The van der Waals surface area contributed by atoms with Crippen LogP contribution in [0.2, 0.25) is 15.7 Å². The van der Waals surface area contributed by atoms with Crippen LogP contribution in [0.15, 0.2) is 158 Å². The molecule has 0 saturated carbocycles. The molecule has 4 amide bonds. The minimum absolute atomic E-state index is 0. The van der Waals surface area contributed by atoms with Crippen molar-refractivity contribution in [1.29, 1.82) is 26.3 Å². The molecule has 12 rings (SSSR count). The van der Waals surface area contributed by atoms with Gasteiger partial charge in [-0.3, -0.25) is 44.8 Å². The third-order valence-corrected chi connectivity index (χ3v) is 15.8. The zero-order valence-corrected chi connectivity index (χ0v) is 67.7. The summed E-state index contributed by atoms with van der Waals surface area (Å²) in [6.45, 7) is 1.49. The predicted molar refractivity (Wildman–Crippen MR) is 407 cm³/mol. The number of nitrogens with two attached hydrogens (primary N) is 1. The summed E-state index contributed by atoms with van der Waals surface area (Å²) in [5.41, 5.74) is 8.68. The van der Waals surface area contributed by atoms with E-state index in [9.17, 15) is 71.5 Å². The Morgan fingerprint density at radius 2 is 0.872 bits per heavy atom. The van der Waals surface area contributed by atoms with Crippen molar-refractivity contribution < 1.29 is 127 Å².